The van der Waals surface area contributed by atoms with Crippen molar-refractivity contribution in [1.29, 1.82) is 0 Å². The molecule has 2 aliphatic heterocycles. The number of nitrogens with one attached hydrogen (secondary N) is 3. The Morgan fingerprint density at radius 1 is 1.05 bits per heavy atom. The summed E-state index contributed by atoms with van der Waals surface area (Å²) in [6.45, 7) is 0. The van der Waals surface area contributed by atoms with Crippen molar-refractivity contribution < 1.29 is 4.79 Å². The van der Waals surface area contributed by atoms with Crippen molar-refractivity contribution in [2.24, 2.45) is 0 Å². The number of benzene rings is 1. The van der Waals surface area contributed by atoms with E-state index in [1.807, 2.05) is 24.3 Å². The van der Waals surface area contributed by atoms with E-state index in [4.69, 9.17) is 0 Å². The van der Waals surface area contributed by atoms with Crippen LogP contribution in [-0.2, 0) is 11.2 Å². The Kier molecular flexibility index (Phi) is 2.03. The van der Waals surface area contributed by atoms with Crippen molar-refractivity contribution in [2.45, 2.75) is 12.6 Å². The van der Waals surface area contributed by atoms with Gasteiger partial charge in [0.1, 0.15) is 6.17 Å². The van der Waals surface area contributed by atoms with Crippen LogP contribution in [0.3, 0.4) is 0 Å². The van der Waals surface area contributed by atoms with Crippen molar-refractivity contribution in [1.82, 2.24) is 4.98 Å². The highest BCUT2D eigenvalue weighted by atomic mass is 16.1. The van der Waals surface area contributed by atoms with Crippen LogP contribution in [0.2, 0.25) is 0 Å². The van der Waals surface area contributed by atoms with Crippen LogP contribution < -0.4 is 16.0 Å². The molecular weight excluding hydrogens is 240 g/mol. The van der Waals surface area contributed by atoms with Gasteiger partial charge in [0.2, 0.25) is 5.91 Å². The van der Waals surface area contributed by atoms with E-state index in [1.165, 1.54) is 0 Å². The Balaban J connectivity index is 1.67. The summed E-state index contributed by atoms with van der Waals surface area (Å²) >= 11 is 0. The normalized spacial score (nSPS) is 19.2. The molecule has 5 nitrogen and oxygen atoms in total. The molecule has 94 valence electrons. The van der Waals surface area contributed by atoms with Gasteiger partial charge in [-0.2, -0.15) is 0 Å². The smallest absolute Gasteiger partial charge is 0.228 e. The molecule has 4 rings (SSSR count). The van der Waals surface area contributed by atoms with Gasteiger partial charge in [0.15, 0.2) is 0 Å². The van der Waals surface area contributed by atoms with Gasteiger partial charge in [0, 0.05) is 18.1 Å². The molecule has 1 aromatic heterocycles. The lowest BCUT2D eigenvalue weighted by molar-refractivity contribution is -0.115. The molecule has 0 saturated carbocycles. The molecule has 0 bridgehead atoms. The lowest BCUT2D eigenvalue weighted by Gasteiger charge is -2.11. The largest absolute Gasteiger partial charge is 0.360 e. The Labute approximate surface area is 110 Å². The third-order valence-corrected chi connectivity index (χ3v) is 3.51. The molecule has 1 atom stereocenters. The topological polar surface area (TPSA) is 66.0 Å². The van der Waals surface area contributed by atoms with E-state index in [0.717, 1.165) is 28.2 Å². The fourth-order valence-corrected chi connectivity index (χ4v) is 2.58. The third-order valence-electron chi connectivity index (χ3n) is 3.51. The van der Waals surface area contributed by atoms with Crippen LogP contribution in [0.1, 0.15) is 17.3 Å². The lowest BCUT2D eigenvalue weighted by Crippen LogP contribution is -2.11. The molecule has 3 heterocycles. The average molecular weight is 252 g/mol. The number of aromatic nitrogens is 1. The number of pyridine rings is 1. The number of carbonyl (C=O) groups excluding carboxylic acids is 1. The number of hydrogen-bond acceptors (Lipinski definition) is 4. The first-order valence-electron chi connectivity index (χ1n) is 6.19. The van der Waals surface area contributed by atoms with Crippen molar-refractivity contribution in [3.63, 3.8) is 0 Å². The minimum atomic E-state index is 0.0521. The van der Waals surface area contributed by atoms with Crippen LogP contribution in [-0.4, -0.2) is 10.9 Å². The Morgan fingerprint density at radius 2 is 1.79 bits per heavy atom. The predicted molar refractivity (Wildman–Crippen MR) is 73.0 cm³/mol. The second-order valence-electron chi connectivity index (χ2n) is 4.78. The van der Waals surface area contributed by atoms with Gasteiger partial charge < -0.3 is 16.0 Å². The van der Waals surface area contributed by atoms with E-state index < -0.39 is 0 Å². The number of anilines is 3. The summed E-state index contributed by atoms with van der Waals surface area (Å²) in [5, 5.41) is 9.69. The Morgan fingerprint density at radius 3 is 2.58 bits per heavy atom. The van der Waals surface area contributed by atoms with Crippen molar-refractivity contribution >= 4 is 23.0 Å². The zero-order chi connectivity index (χ0) is 12.8. The summed E-state index contributed by atoms with van der Waals surface area (Å²) in [7, 11) is 0. The number of hydrogen-bond donors (Lipinski definition) is 3. The highest BCUT2D eigenvalue weighted by Gasteiger charge is 2.26. The van der Waals surface area contributed by atoms with Gasteiger partial charge >= 0.3 is 0 Å². The van der Waals surface area contributed by atoms with Gasteiger partial charge in [0.25, 0.3) is 0 Å². The maximum absolute atomic E-state index is 11.4. The van der Waals surface area contributed by atoms with Gasteiger partial charge in [-0.1, -0.05) is 0 Å². The maximum atomic E-state index is 11.4. The van der Waals surface area contributed by atoms with Crippen LogP contribution in [0.25, 0.3) is 0 Å². The van der Waals surface area contributed by atoms with E-state index in [-0.39, 0.29) is 12.1 Å². The molecule has 0 radical (unpaired) electrons. The zero-order valence-electron chi connectivity index (χ0n) is 10.1. The first-order chi connectivity index (χ1) is 9.29. The molecule has 2 aromatic rings. The standard InChI is InChI=1S/C14H12N4O/c19-13-6-9-5-11-12(7-10(9)16-13)18-14(17-11)8-1-3-15-4-2-8/h1-5,7,14,17-18H,6H2,(H,16,19). The molecule has 1 unspecified atom stereocenters. The van der Waals surface area contributed by atoms with Crippen LogP contribution >= 0.6 is 0 Å². The highest BCUT2D eigenvalue weighted by Crippen LogP contribution is 2.40. The molecule has 5 heteroatoms. The number of carbonyl (C=O) groups is 1. The van der Waals surface area contributed by atoms with Gasteiger partial charge in [-0.05, 0) is 35.4 Å². The third kappa shape index (κ3) is 1.62. The Bertz CT molecular complexity index is 632. The van der Waals surface area contributed by atoms with Gasteiger partial charge in [-0.25, -0.2) is 0 Å². The quantitative estimate of drug-likeness (QED) is 0.727. The summed E-state index contributed by atoms with van der Waals surface area (Å²) in [4.78, 5) is 15.4. The Hall–Kier alpha value is -2.56. The number of amides is 1. The first-order valence-corrected chi connectivity index (χ1v) is 6.19. The van der Waals surface area contributed by atoms with Gasteiger partial charge in [-0.15, -0.1) is 0 Å². The summed E-state index contributed by atoms with van der Waals surface area (Å²) in [6.07, 6.45) is 4.07. The summed E-state index contributed by atoms with van der Waals surface area (Å²) < 4.78 is 0. The minimum Gasteiger partial charge on any atom is -0.360 e. The SMILES string of the molecule is O=C1Cc2cc3c(cc2N1)NC(c1ccncc1)N3. The van der Waals surface area contributed by atoms with Gasteiger partial charge in [-0.3, -0.25) is 9.78 Å². The van der Waals surface area contributed by atoms with E-state index in [0.29, 0.717) is 6.42 Å². The van der Waals surface area contributed by atoms with Crippen molar-refractivity contribution in [3.8, 4) is 0 Å². The highest BCUT2D eigenvalue weighted by molar-refractivity contribution is 6.01. The minimum absolute atomic E-state index is 0.0521. The maximum Gasteiger partial charge on any atom is 0.228 e. The second kappa shape index (κ2) is 3.71. The molecule has 0 spiro atoms. The van der Waals surface area contributed by atoms with E-state index in [2.05, 4.69) is 20.9 Å². The lowest BCUT2D eigenvalue weighted by atomic mass is 10.1. The van der Waals surface area contributed by atoms with Gasteiger partial charge in [0.05, 0.1) is 17.8 Å². The second-order valence-corrected chi connectivity index (χ2v) is 4.78. The number of nitrogens with zero attached hydrogens (tertiary/aromatic N) is 1. The summed E-state index contributed by atoms with van der Waals surface area (Å²) in [6, 6.07) is 7.98. The molecule has 0 fully saturated rings. The molecule has 1 amide bonds. The average Bonchev–Trinajstić information content (AvgIpc) is 2.98. The molecule has 2 aliphatic rings. The first kappa shape index (κ1) is 10.4. The molecule has 0 aliphatic carbocycles. The predicted octanol–water partition coefficient (Wildman–Crippen LogP) is 2.11. The van der Waals surface area contributed by atoms with Crippen LogP contribution in [0, 0.1) is 0 Å². The number of rotatable bonds is 1. The molecule has 19 heavy (non-hydrogen) atoms. The summed E-state index contributed by atoms with van der Waals surface area (Å²) in [5.41, 5.74) is 5.15. The van der Waals surface area contributed by atoms with E-state index >= 15 is 0 Å². The van der Waals surface area contributed by atoms with E-state index in [1.54, 1.807) is 12.4 Å². The summed E-state index contributed by atoms with van der Waals surface area (Å²) in [5.74, 6) is 0.0596. The fourth-order valence-electron chi connectivity index (χ4n) is 2.58. The van der Waals surface area contributed by atoms with E-state index in [9.17, 15) is 4.79 Å². The molecule has 0 saturated heterocycles. The molecule has 1 aromatic carbocycles. The zero-order valence-corrected chi connectivity index (χ0v) is 10.1. The molecule has 3 N–H and O–H groups in total. The number of fused-ring (bicyclic) bond motifs is 2. The van der Waals surface area contributed by atoms with Crippen LogP contribution in [0.15, 0.2) is 36.7 Å². The van der Waals surface area contributed by atoms with Crippen molar-refractivity contribution in [2.75, 3.05) is 16.0 Å². The molecular formula is C14H12N4O. The van der Waals surface area contributed by atoms with Crippen LogP contribution in [0.5, 0.6) is 0 Å². The van der Waals surface area contributed by atoms with Crippen LogP contribution in [0.4, 0.5) is 17.1 Å². The van der Waals surface area contributed by atoms with Crippen molar-refractivity contribution in [3.05, 3.63) is 47.8 Å². The fraction of sp³-hybridized carbons (Fsp3) is 0.143. The monoisotopic (exact) mass is 252 g/mol.